The maximum atomic E-state index is 12.1. The van der Waals surface area contributed by atoms with Crippen molar-refractivity contribution in [2.75, 3.05) is 12.0 Å². The highest BCUT2D eigenvalue weighted by Crippen LogP contribution is 2.66. The van der Waals surface area contributed by atoms with Crippen LogP contribution in [-0.4, -0.2) is 36.2 Å². The third-order valence-electron chi connectivity index (χ3n) is 9.24. The van der Waals surface area contributed by atoms with E-state index in [-0.39, 0.29) is 35.0 Å². The van der Waals surface area contributed by atoms with Gasteiger partial charge in [0.25, 0.3) is 0 Å². The number of ether oxygens (including phenoxy) is 2. The standard InChI is InChI=1S/C26H40O4S/c1-5-23(27)29-18-11-14-26(16-31-4)17(15-18)7-8-19-20-9-10-22(30-24(28)6-2)25(20,3)13-12-21(19)26/h15,18-22H,5-14,16H2,1-4H3/t18-,19+,20+,21+,22+,25+,26-/m1/s1. The van der Waals surface area contributed by atoms with Crippen LogP contribution in [0.25, 0.3) is 0 Å². The molecule has 0 aliphatic heterocycles. The lowest BCUT2D eigenvalue weighted by Gasteiger charge is -2.59. The summed E-state index contributed by atoms with van der Waals surface area (Å²) in [6.45, 7) is 6.17. The van der Waals surface area contributed by atoms with Crippen molar-refractivity contribution in [3.8, 4) is 0 Å². The fourth-order valence-corrected chi connectivity index (χ4v) is 8.81. The van der Waals surface area contributed by atoms with E-state index < -0.39 is 0 Å². The number of carbonyl (C=O) groups is 2. The molecule has 4 rings (SSSR count). The van der Waals surface area contributed by atoms with Crippen LogP contribution in [0.15, 0.2) is 11.6 Å². The minimum absolute atomic E-state index is 0.0350. The molecule has 7 atom stereocenters. The van der Waals surface area contributed by atoms with Gasteiger partial charge in [0.1, 0.15) is 12.2 Å². The summed E-state index contributed by atoms with van der Waals surface area (Å²) in [5, 5.41) is 0. The maximum Gasteiger partial charge on any atom is 0.306 e. The number of allylic oxidation sites excluding steroid dienone is 1. The van der Waals surface area contributed by atoms with Crippen molar-refractivity contribution in [3.63, 3.8) is 0 Å². The Hall–Kier alpha value is -0.970. The Labute approximate surface area is 192 Å². The van der Waals surface area contributed by atoms with Gasteiger partial charge in [-0.05, 0) is 81.5 Å². The van der Waals surface area contributed by atoms with Gasteiger partial charge in [-0.15, -0.1) is 0 Å². The molecule has 0 amide bonds. The second kappa shape index (κ2) is 9.11. The Morgan fingerprint density at radius 1 is 1.00 bits per heavy atom. The van der Waals surface area contributed by atoms with Gasteiger partial charge in [0.05, 0.1) is 0 Å². The van der Waals surface area contributed by atoms with Crippen molar-refractivity contribution in [2.24, 2.45) is 28.6 Å². The molecule has 31 heavy (non-hydrogen) atoms. The lowest BCUT2D eigenvalue weighted by atomic mass is 9.47. The van der Waals surface area contributed by atoms with E-state index in [1.165, 1.54) is 25.0 Å². The van der Waals surface area contributed by atoms with Crippen molar-refractivity contribution in [1.82, 2.24) is 0 Å². The molecule has 3 saturated carbocycles. The molecular formula is C26H40O4S. The molecule has 3 fully saturated rings. The van der Waals surface area contributed by atoms with Crippen molar-refractivity contribution >= 4 is 23.7 Å². The molecule has 4 nitrogen and oxygen atoms in total. The number of esters is 2. The Balaban J connectivity index is 1.57. The average molecular weight is 449 g/mol. The third-order valence-corrected chi connectivity index (χ3v) is 10.0. The number of hydrogen-bond donors (Lipinski definition) is 0. The van der Waals surface area contributed by atoms with Crippen molar-refractivity contribution < 1.29 is 19.1 Å². The van der Waals surface area contributed by atoms with Gasteiger partial charge in [-0.3, -0.25) is 9.59 Å². The number of rotatable bonds is 6. The van der Waals surface area contributed by atoms with Gasteiger partial charge >= 0.3 is 11.9 Å². The fourth-order valence-electron chi connectivity index (χ4n) is 7.75. The summed E-state index contributed by atoms with van der Waals surface area (Å²) < 4.78 is 11.7. The Kier molecular flexibility index (Phi) is 6.82. The smallest absolute Gasteiger partial charge is 0.306 e. The number of thioether (sulfide) groups is 1. The first-order valence-corrected chi connectivity index (χ1v) is 13.9. The van der Waals surface area contributed by atoms with E-state index in [0.717, 1.165) is 38.0 Å². The van der Waals surface area contributed by atoms with Gasteiger partial charge in [-0.25, -0.2) is 0 Å². The summed E-state index contributed by atoms with van der Waals surface area (Å²) in [5.41, 5.74) is 1.97. The quantitative estimate of drug-likeness (QED) is 0.372. The highest BCUT2D eigenvalue weighted by molar-refractivity contribution is 7.98. The second-order valence-electron chi connectivity index (χ2n) is 10.6. The molecule has 0 N–H and O–H groups in total. The van der Waals surface area contributed by atoms with E-state index in [4.69, 9.17) is 9.47 Å². The summed E-state index contributed by atoms with van der Waals surface area (Å²) in [5.74, 6) is 3.15. The minimum atomic E-state index is -0.0834. The van der Waals surface area contributed by atoms with Crippen molar-refractivity contribution in [2.45, 2.75) is 97.2 Å². The fraction of sp³-hybridized carbons (Fsp3) is 0.846. The first-order valence-electron chi connectivity index (χ1n) is 12.5. The van der Waals surface area contributed by atoms with Gasteiger partial charge in [-0.1, -0.05) is 26.3 Å². The molecule has 0 unspecified atom stereocenters. The molecule has 4 aliphatic rings. The predicted molar refractivity (Wildman–Crippen MR) is 125 cm³/mol. The SMILES string of the molecule is CCC(=O)O[C@H]1CC[C@H]2[C@@H]3CCC4=C[C@H](OC(=O)CC)CC[C@]4(CSC)[C@H]3CC[C@]12C. The van der Waals surface area contributed by atoms with E-state index in [0.29, 0.717) is 24.7 Å². The van der Waals surface area contributed by atoms with Crippen LogP contribution >= 0.6 is 11.8 Å². The zero-order chi connectivity index (χ0) is 22.2. The average Bonchev–Trinajstić information content (AvgIpc) is 3.10. The highest BCUT2D eigenvalue weighted by Gasteiger charge is 2.61. The molecule has 0 aromatic rings. The topological polar surface area (TPSA) is 52.6 Å². The second-order valence-corrected chi connectivity index (χ2v) is 11.4. The molecule has 5 heteroatoms. The van der Waals surface area contributed by atoms with Gasteiger partial charge < -0.3 is 9.47 Å². The first kappa shape index (κ1) is 23.2. The van der Waals surface area contributed by atoms with Gasteiger partial charge in [0, 0.05) is 29.4 Å². The molecule has 0 spiro atoms. The first-order chi connectivity index (χ1) is 14.9. The summed E-state index contributed by atoms with van der Waals surface area (Å²) in [6.07, 6.45) is 14.6. The van der Waals surface area contributed by atoms with E-state index in [1.54, 1.807) is 5.57 Å². The molecule has 0 saturated heterocycles. The predicted octanol–water partition coefficient (Wildman–Crippen LogP) is 5.94. The third kappa shape index (κ3) is 3.98. The summed E-state index contributed by atoms with van der Waals surface area (Å²) in [4.78, 5) is 23.9. The summed E-state index contributed by atoms with van der Waals surface area (Å²) in [7, 11) is 0. The number of carbonyl (C=O) groups excluding carboxylic acids is 2. The molecule has 0 aromatic heterocycles. The lowest BCUT2D eigenvalue weighted by Crippen LogP contribution is -2.53. The molecule has 0 bridgehead atoms. The molecule has 0 heterocycles. The van der Waals surface area contributed by atoms with E-state index in [9.17, 15) is 9.59 Å². The van der Waals surface area contributed by atoms with Gasteiger partial charge in [0.2, 0.25) is 0 Å². The van der Waals surface area contributed by atoms with Crippen LogP contribution in [0.3, 0.4) is 0 Å². The Bertz CT molecular complexity index is 733. The minimum Gasteiger partial charge on any atom is -0.462 e. The van der Waals surface area contributed by atoms with Crippen LogP contribution < -0.4 is 0 Å². The zero-order valence-electron chi connectivity index (χ0n) is 19.8. The van der Waals surface area contributed by atoms with Gasteiger partial charge in [-0.2, -0.15) is 11.8 Å². The summed E-state index contributed by atoms with van der Waals surface area (Å²) in [6, 6.07) is 0. The van der Waals surface area contributed by atoms with Crippen LogP contribution in [0.1, 0.15) is 85.0 Å². The molecular weight excluding hydrogens is 408 g/mol. The van der Waals surface area contributed by atoms with E-state index >= 15 is 0 Å². The number of fused-ring (bicyclic) bond motifs is 5. The summed E-state index contributed by atoms with van der Waals surface area (Å²) >= 11 is 1.98. The van der Waals surface area contributed by atoms with Crippen molar-refractivity contribution in [3.05, 3.63) is 11.6 Å². The van der Waals surface area contributed by atoms with Crippen molar-refractivity contribution in [1.29, 1.82) is 0 Å². The molecule has 0 aromatic carbocycles. The highest BCUT2D eigenvalue weighted by atomic mass is 32.2. The normalized spacial score (nSPS) is 41.4. The zero-order valence-corrected chi connectivity index (χ0v) is 20.6. The largest absolute Gasteiger partial charge is 0.462 e. The van der Waals surface area contributed by atoms with Crippen LogP contribution in [0.5, 0.6) is 0 Å². The number of hydrogen-bond acceptors (Lipinski definition) is 5. The van der Waals surface area contributed by atoms with Crippen LogP contribution in [0.4, 0.5) is 0 Å². The molecule has 174 valence electrons. The maximum absolute atomic E-state index is 12.1. The Morgan fingerprint density at radius 3 is 2.45 bits per heavy atom. The van der Waals surface area contributed by atoms with Crippen LogP contribution in [0.2, 0.25) is 0 Å². The van der Waals surface area contributed by atoms with Gasteiger partial charge in [0.15, 0.2) is 0 Å². The van der Waals surface area contributed by atoms with Crippen LogP contribution in [-0.2, 0) is 19.1 Å². The lowest BCUT2D eigenvalue weighted by molar-refractivity contribution is -0.159. The Morgan fingerprint density at radius 2 is 1.74 bits per heavy atom. The van der Waals surface area contributed by atoms with Crippen LogP contribution in [0, 0.1) is 28.6 Å². The van der Waals surface area contributed by atoms with E-state index in [2.05, 4.69) is 19.3 Å². The molecule has 4 aliphatic carbocycles. The monoisotopic (exact) mass is 448 g/mol. The van der Waals surface area contributed by atoms with E-state index in [1.807, 2.05) is 25.6 Å². The molecule has 0 radical (unpaired) electrons.